The van der Waals surface area contributed by atoms with Crippen molar-refractivity contribution >= 4 is 22.7 Å². The summed E-state index contributed by atoms with van der Waals surface area (Å²) in [7, 11) is 1.66. The van der Waals surface area contributed by atoms with E-state index in [4.69, 9.17) is 0 Å². The standard InChI is InChI=1S/C22H26N6O/c1-5-6-7-17-8-10-18(11-9-17)23-24-19-12-13-20(15(2)14-19)25-26-21-16(3)27-28(4)22(21)29/h8-14,29H,5-7H2,1-4H3. The van der Waals surface area contributed by atoms with Crippen molar-refractivity contribution in [3.8, 4) is 5.88 Å². The Labute approximate surface area is 170 Å². The van der Waals surface area contributed by atoms with E-state index in [0.717, 1.165) is 23.4 Å². The third-order valence-corrected chi connectivity index (χ3v) is 4.64. The molecule has 0 atom stereocenters. The zero-order valence-electron chi connectivity index (χ0n) is 17.3. The number of unbranched alkanes of at least 4 members (excludes halogenated alkanes) is 1. The summed E-state index contributed by atoms with van der Waals surface area (Å²) in [6, 6.07) is 13.8. The summed E-state index contributed by atoms with van der Waals surface area (Å²) in [4.78, 5) is 0. The predicted octanol–water partition coefficient (Wildman–Crippen LogP) is 6.92. The van der Waals surface area contributed by atoms with Gasteiger partial charge in [0.25, 0.3) is 0 Å². The van der Waals surface area contributed by atoms with Gasteiger partial charge in [-0.15, -0.1) is 5.11 Å². The Morgan fingerprint density at radius 3 is 2.24 bits per heavy atom. The van der Waals surface area contributed by atoms with Crippen LogP contribution in [0, 0.1) is 13.8 Å². The quantitative estimate of drug-likeness (QED) is 0.444. The highest BCUT2D eigenvalue weighted by atomic mass is 16.3. The van der Waals surface area contributed by atoms with Crippen LogP contribution in [0.5, 0.6) is 5.88 Å². The van der Waals surface area contributed by atoms with Crippen LogP contribution in [0.25, 0.3) is 0 Å². The number of nitrogens with zero attached hydrogens (tertiary/aromatic N) is 6. The van der Waals surface area contributed by atoms with Crippen LogP contribution in [0.4, 0.5) is 22.7 Å². The summed E-state index contributed by atoms with van der Waals surface area (Å²) in [6.07, 6.45) is 3.49. The summed E-state index contributed by atoms with van der Waals surface area (Å²) in [5.41, 5.74) is 5.51. The first-order valence-corrected chi connectivity index (χ1v) is 9.73. The van der Waals surface area contributed by atoms with Gasteiger partial charge in [-0.3, -0.25) is 0 Å². The molecule has 3 rings (SSSR count). The summed E-state index contributed by atoms with van der Waals surface area (Å²) in [5, 5.41) is 31.1. The molecule has 7 heteroatoms. The van der Waals surface area contributed by atoms with Gasteiger partial charge in [0.2, 0.25) is 5.88 Å². The average molecular weight is 390 g/mol. The molecule has 3 aromatic rings. The molecule has 0 saturated heterocycles. The minimum absolute atomic E-state index is 0.00460. The van der Waals surface area contributed by atoms with Gasteiger partial charge in [0, 0.05) is 7.05 Å². The van der Waals surface area contributed by atoms with E-state index < -0.39 is 0 Å². The molecule has 0 bridgehead atoms. The van der Waals surface area contributed by atoms with Crippen molar-refractivity contribution in [3.63, 3.8) is 0 Å². The van der Waals surface area contributed by atoms with Crippen LogP contribution in [0.1, 0.15) is 36.6 Å². The van der Waals surface area contributed by atoms with E-state index in [0.29, 0.717) is 17.1 Å². The van der Waals surface area contributed by atoms with Gasteiger partial charge in [-0.05, 0) is 68.1 Å². The number of hydrogen-bond donors (Lipinski definition) is 1. The lowest BCUT2D eigenvalue weighted by atomic mass is 10.1. The lowest BCUT2D eigenvalue weighted by Crippen LogP contribution is -1.88. The molecule has 0 saturated carbocycles. The van der Waals surface area contributed by atoms with Crippen molar-refractivity contribution in [2.24, 2.45) is 27.5 Å². The molecule has 0 spiro atoms. The Bertz CT molecular complexity index is 1030. The highest BCUT2D eigenvalue weighted by molar-refractivity contribution is 5.55. The topological polar surface area (TPSA) is 87.5 Å². The number of azo groups is 2. The lowest BCUT2D eigenvalue weighted by Gasteiger charge is -2.01. The number of aromatic hydroxyl groups is 1. The molecule has 1 N–H and O–H groups in total. The van der Waals surface area contributed by atoms with E-state index in [9.17, 15) is 5.11 Å². The molecule has 2 aromatic carbocycles. The fourth-order valence-corrected chi connectivity index (χ4v) is 2.90. The molecular weight excluding hydrogens is 364 g/mol. The van der Waals surface area contributed by atoms with Crippen LogP contribution in [-0.2, 0) is 13.5 Å². The second-order valence-corrected chi connectivity index (χ2v) is 7.02. The van der Waals surface area contributed by atoms with Gasteiger partial charge in [-0.1, -0.05) is 25.5 Å². The van der Waals surface area contributed by atoms with Gasteiger partial charge in [0.05, 0.1) is 22.8 Å². The van der Waals surface area contributed by atoms with Crippen molar-refractivity contribution in [1.29, 1.82) is 0 Å². The summed E-state index contributed by atoms with van der Waals surface area (Å²) in [6.45, 7) is 5.91. The first-order chi connectivity index (χ1) is 14.0. The highest BCUT2D eigenvalue weighted by Crippen LogP contribution is 2.32. The Balaban J connectivity index is 1.70. The molecule has 29 heavy (non-hydrogen) atoms. The van der Waals surface area contributed by atoms with Crippen molar-refractivity contribution in [2.75, 3.05) is 0 Å². The Morgan fingerprint density at radius 1 is 0.931 bits per heavy atom. The second kappa shape index (κ2) is 9.23. The van der Waals surface area contributed by atoms with Crippen LogP contribution in [0.3, 0.4) is 0 Å². The van der Waals surface area contributed by atoms with Crippen LogP contribution in [-0.4, -0.2) is 14.9 Å². The maximum absolute atomic E-state index is 9.97. The van der Waals surface area contributed by atoms with Gasteiger partial charge in [-0.2, -0.15) is 20.4 Å². The Morgan fingerprint density at radius 2 is 1.62 bits per heavy atom. The van der Waals surface area contributed by atoms with E-state index >= 15 is 0 Å². The predicted molar refractivity (Wildman–Crippen MR) is 114 cm³/mol. The van der Waals surface area contributed by atoms with Crippen molar-refractivity contribution in [3.05, 3.63) is 59.3 Å². The molecular formula is C22H26N6O. The Hall–Kier alpha value is -3.35. The van der Waals surface area contributed by atoms with Gasteiger partial charge < -0.3 is 5.11 Å². The van der Waals surface area contributed by atoms with Crippen molar-refractivity contribution in [1.82, 2.24) is 9.78 Å². The summed E-state index contributed by atoms with van der Waals surface area (Å²) >= 11 is 0. The van der Waals surface area contributed by atoms with Crippen LogP contribution in [0.15, 0.2) is 62.9 Å². The van der Waals surface area contributed by atoms with Gasteiger partial charge in [-0.25, -0.2) is 4.68 Å². The zero-order chi connectivity index (χ0) is 20.8. The lowest BCUT2D eigenvalue weighted by molar-refractivity contribution is 0.420. The average Bonchev–Trinajstić information content (AvgIpc) is 2.96. The highest BCUT2D eigenvalue weighted by Gasteiger charge is 2.11. The Kier molecular flexibility index (Phi) is 6.49. The molecule has 0 aliphatic heterocycles. The third-order valence-electron chi connectivity index (χ3n) is 4.64. The molecule has 0 aliphatic rings. The maximum atomic E-state index is 9.97. The van der Waals surface area contributed by atoms with E-state index in [-0.39, 0.29) is 5.88 Å². The van der Waals surface area contributed by atoms with E-state index in [1.807, 2.05) is 37.3 Å². The fourth-order valence-electron chi connectivity index (χ4n) is 2.90. The largest absolute Gasteiger partial charge is 0.492 e. The monoisotopic (exact) mass is 390 g/mol. The van der Waals surface area contributed by atoms with Gasteiger partial charge >= 0.3 is 0 Å². The SMILES string of the molecule is CCCCc1ccc(N=Nc2ccc(N=Nc3c(C)nn(C)c3O)c(C)c2)cc1. The van der Waals surface area contributed by atoms with Crippen molar-refractivity contribution < 1.29 is 5.11 Å². The molecule has 0 amide bonds. The van der Waals surface area contributed by atoms with E-state index in [1.54, 1.807) is 14.0 Å². The number of rotatable bonds is 7. The molecule has 1 aromatic heterocycles. The molecule has 0 radical (unpaired) electrons. The molecule has 0 fully saturated rings. The van der Waals surface area contributed by atoms with Gasteiger partial charge in [0.15, 0.2) is 5.69 Å². The number of aromatic nitrogens is 2. The fraction of sp³-hybridized carbons (Fsp3) is 0.318. The summed E-state index contributed by atoms with van der Waals surface area (Å²) in [5.74, 6) is -0.00460. The minimum Gasteiger partial charge on any atom is -0.492 e. The number of benzene rings is 2. The summed E-state index contributed by atoms with van der Waals surface area (Å²) < 4.78 is 1.37. The van der Waals surface area contributed by atoms with Crippen molar-refractivity contribution in [2.45, 2.75) is 40.0 Å². The van der Waals surface area contributed by atoms with Crippen LogP contribution < -0.4 is 0 Å². The first-order valence-electron chi connectivity index (χ1n) is 9.73. The molecule has 1 heterocycles. The minimum atomic E-state index is -0.00460. The maximum Gasteiger partial charge on any atom is 0.237 e. The molecule has 0 unspecified atom stereocenters. The van der Waals surface area contributed by atoms with E-state index in [2.05, 4.69) is 44.6 Å². The van der Waals surface area contributed by atoms with Gasteiger partial charge in [0.1, 0.15) is 0 Å². The molecule has 150 valence electrons. The first kappa shape index (κ1) is 20.4. The van der Waals surface area contributed by atoms with Crippen LogP contribution >= 0.6 is 0 Å². The number of hydrogen-bond acceptors (Lipinski definition) is 6. The smallest absolute Gasteiger partial charge is 0.237 e. The molecule has 0 aliphatic carbocycles. The number of aryl methyl sites for hydroxylation is 4. The normalized spacial score (nSPS) is 11.7. The van der Waals surface area contributed by atoms with E-state index in [1.165, 1.54) is 23.1 Å². The second-order valence-electron chi connectivity index (χ2n) is 7.02. The zero-order valence-corrected chi connectivity index (χ0v) is 17.3. The third kappa shape index (κ3) is 5.13. The molecule has 7 nitrogen and oxygen atoms in total. The van der Waals surface area contributed by atoms with Crippen LogP contribution in [0.2, 0.25) is 0 Å².